The number of morpholine rings is 1. The summed E-state index contributed by atoms with van der Waals surface area (Å²) in [6.45, 7) is 7.63. The minimum Gasteiger partial charge on any atom is -0.369 e. The minimum atomic E-state index is -0.234. The standard InChI is InChI=1S/C23H25FN6O2/c1-3-21-27-23(28-32-21)18-10-25-14-26-22(18)20-13-29(7-8-31-20)11-15-12-30(4-2)19-9-16(24)5-6-17(15)19/h5-6,9-10,12,14,20H,3-4,7-8,11,13H2,1-2H3/t20-/m1/s1. The molecule has 0 bridgehead atoms. The van der Waals surface area contributed by atoms with E-state index in [1.165, 1.54) is 18.0 Å². The predicted molar refractivity (Wildman–Crippen MR) is 116 cm³/mol. The van der Waals surface area contributed by atoms with E-state index < -0.39 is 0 Å². The van der Waals surface area contributed by atoms with Gasteiger partial charge in [-0.15, -0.1) is 0 Å². The number of aromatic nitrogens is 5. The molecule has 166 valence electrons. The molecule has 0 N–H and O–H groups in total. The average Bonchev–Trinajstić information content (AvgIpc) is 3.44. The minimum absolute atomic E-state index is 0.215. The summed E-state index contributed by atoms with van der Waals surface area (Å²) in [5, 5.41) is 5.17. The maximum absolute atomic E-state index is 13.8. The van der Waals surface area contributed by atoms with E-state index >= 15 is 0 Å². The van der Waals surface area contributed by atoms with Crippen LogP contribution in [-0.2, 0) is 24.2 Å². The molecule has 0 saturated carbocycles. The van der Waals surface area contributed by atoms with Gasteiger partial charge in [-0.05, 0) is 30.7 Å². The highest BCUT2D eigenvalue weighted by Gasteiger charge is 2.28. The zero-order chi connectivity index (χ0) is 22.1. The Kier molecular flexibility index (Phi) is 5.67. The predicted octanol–water partition coefficient (Wildman–Crippen LogP) is 3.78. The van der Waals surface area contributed by atoms with Crippen LogP contribution in [0.5, 0.6) is 0 Å². The maximum Gasteiger partial charge on any atom is 0.226 e. The van der Waals surface area contributed by atoms with Gasteiger partial charge in [0.05, 0.1) is 23.4 Å². The van der Waals surface area contributed by atoms with Crippen LogP contribution in [0.1, 0.15) is 37.1 Å². The van der Waals surface area contributed by atoms with Crippen molar-refractivity contribution in [3.8, 4) is 11.4 Å². The zero-order valence-corrected chi connectivity index (χ0v) is 18.2. The molecule has 1 atom stereocenters. The molecule has 4 heterocycles. The molecule has 3 aromatic heterocycles. The Morgan fingerprint density at radius 1 is 1.25 bits per heavy atom. The summed E-state index contributed by atoms with van der Waals surface area (Å²) in [4.78, 5) is 15.4. The summed E-state index contributed by atoms with van der Waals surface area (Å²) in [6, 6.07) is 5.00. The molecule has 0 aliphatic carbocycles. The SMILES string of the molecule is CCc1nc(-c2cncnc2[C@H]2CN(Cc3cn(CC)c4cc(F)ccc34)CCO2)no1. The van der Waals surface area contributed by atoms with E-state index in [1.807, 2.05) is 13.0 Å². The highest BCUT2D eigenvalue weighted by Crippen LogP contribution is 2.30. The van der Waals surface area contributed by atoms with Crippen LogP contribution < -0.4 is 0 Å². The number of benzene rings is 1. The normalized spacial score (nSPS) is 17.3. The van der Waals surface area contributed by atoms with Crippen molar-refractivity contribution in [1.82, 2.24) is 29.6 Å². The molecule has 1 saturated heterocycles. The zero-order valence-electron chi connectivity index (χ0n) is 18.2. The van der Waals surface area contributed by atoms with Gasteiger partial charge < -0.3 is 13.8 Å². The molecule has 0 unspecified atom stereocenters. The van der Waals surface area contributed by atoms with Crippen molar-refractivity contribution >= 4 is 10.9 Å². The quantitative estimate of drug-likeness (QED) is 0.455. The van der Waals surface area contributed by atoms with Gasteiger partial charge >= 0.3 is 0 Å². The van der Waals surface area contributed by atoms with Crippen LogP contribution in [0.2, 0.25) is 0 Å². The smallest absolute Gasteiger partial charge is 0.226 e. The number of fused-ring (bicyclic) bond motifs is 1. The van der Waals surface area contributed by atoms with Crippen LogP contribution in [0.4, 0.5) is 4.39 Å². The first-order valence-corrected chi connectivity index (χ1v) is 10.9. The number of hydrogen-bond donors (Lipinski definition) is 0. The molecule has 9 heteroatoms. The second-order valence-corrected chi connectivity index (χ2v) is 7.88. The van der Waals surface area contributed by atoms with Gasteiger partial charge in [-0.25, -0.2) is 14.4 Å². The Hall–Kier alpha value is -3.17. The van der Waals surface area contributed by atoms with Crippen molar-refractivity contribution < 1.29 is 13.7 Å². The number of hydrogen-bond acceptors (Lipinski definition) is 7. The third kappa shape index (κ3) is 3.89. The molecule has 0 amide bonds. The molecule has 4 aromatic rings. The van der Waals surface area contributed by atoms with E-state index in [9.17, 15) is 4.39 Å². The monoisotopic (exact) mass is 436 g/mol. The van der Waals surface area contributed by atoms with Gasteiger partial charge in [0.2, 0.25) is 11.7 Å². The summed E-state index contributed by atoms with van der Waals surface area (Å²) in [7, 11) is 0. The van der Waals surface area contributed by atoms with Crippen LogP contribution in [0.25, 0.3) is 22.3 Å². The van der Waals surface area contributed by atoms with Crippen LogP contribution in [-0.4, -0.2) is 49.3 Å². The third-order valence-corrected chi connectivity index (χ3v) is 5.87. The van der Waals surface area contributed by atoms with E-state index in [0.29, 0.717) is 31.3 Å². The van der Waals surface area contributed by atoms with Crippen LogP contribution in [0, 0.1) is 5.82 Å². The van der Waals surface area contributed by atoms with Gasteiger partial charge in [0, 0.05) is 50.4 Å². The van der Waals surface area contributed by atoms with E-state index in [1.54, 1.807) is 12.3 Å². The first-order chi connectivity index (χ1) is 15.7. The molecule has 1 aromatic carbocycles. The van der Waals surface area contributed by atoms with Crippen molar-refractivity contribution in [2.24, 2.45) is 0 Å². The third-order valence-electron chi connectivity index (χ3n) is 5.87. The van der Waals surface area contributed by atoms with E-state index in [4.69, 9.17) is 9.26 Å². The maximum atomic E-state index is 13.8. The molecule has 1 fully saturated rings. The fourth-order valence-corrected chi connectivity index (χ4v) is 4.26. The van der Waals surface area contributed by atoms with Crippen LogP contribution in [0.15, 0.2) is 41.4 Å². The molecular weight excluding hydrogens is 411 g/mol. The van der Waals surface area contributed by atoms with E-state index in [2.05, 4.69) is 42.7 Å². The summed E-state index contributed by atoms with van der Waals surface area (Å²) in [5.41, 5.74) is 3.58. The first-order valence-electron chi connectivity index (χ1n) is 10.9. The number of aryl methyl sites for hydroxylation is 2. The molecule has 1 aliphatic rings. The Balaban J connectivity index is 1.40. The first kappa shape index (κ1) is 20.7. The van der Waals surface area contributed by atoms with Gasteiger partial charge in [0.25, 0.3) is 0 Å². The number of halogens is 1. The van der Waals surface area contributed by atoms with Crippen LogP contribution in [0.3, 0.4) is 0 Å². The van der Waals surface area contributed by atoms with Crippen molar-refractivity contribution in [3.63, 3.8) is 0 Å². The van der Waals surface area contributed by atoms with Crippen molar-refractivity contribution in [2.45, 2.75) is 39.5 Å². The fourth-order valence-electron chi connectivity index (χ4n) is 4.26. The number of ether oxygens (including phenoxy) is 1. The summed E-state index contributed by atoms with van der Waals surface area (Å²) in [5.74, 6) is 0.836. The van der Waals surface area contributed by atoms with Gasteiger partial charge in [-0.2, -0.15) is 4.98 Å². The second-order valence-electron chi connectivity index (χ2n) is 7.88. The number of rotatable bonds is 6. The lowest BCUT2D eigenvalue weighted by Gasteiger charge is -2.33. The lowest BCUT2D eigenvalue weighted by atomic mass is 10.1. The second kappa shape index (κ2) is 8.76. The topological polar surface area (TPSA) is 82.1 Å². The highest BCUT2D eigenvalue weighted by molar-refractivity contribution is 5.84. The molecule has 1 aliphatic heterocycles. The lowest BCUT2D eigenvalue weighted by molar-refractivity contribution is -0.0346. The molecule has 32 heavy (non-hydrogen) atoms. The van der Waals surface area contributed by atoms with Crippen molar-refractivity contribution in [1.29, 1.82) is 0 Å². The van der Waals surface area contributed by atoms with Gasteiger partial charge in [-0.1, -0.05) is 12.1 Å². The Bertz CT molecular complexity index is 1240. The van der Waals surface area contributed by atoms with Crippen molar-refractivity contribution in [2.75, 3.05) is 19.7 Å². The Labute approximate surface area is 185 Å². The van der Waals surface area contributed by atoms with Gasteiger partial charge in [0.15, 0.2) is 0 Å². The molecule has 0 radical (unpaired) electrons. The summed E-state index contributed by atoms with van der Waals surface area (Å²) in [6.07, 6.45) is 5.78. The van der Waals surface area contributed by atoms with Gasteiger partial charge in [0.1, 0.15) is 18.2 Å². The molecule has 8 nitrogen and oxygen atoms in total. The summed E-state index contributed by atoms with van der Waals surface area (Å²) < 4.78 is 27.2. The van der Waals surface area contributed by atoms with E-state index in [0.717, 1.165) is 41.8 Å². The van der Waals surface area contributed by atoms with Gasteiger partial charge in [-0.3, -0.25) is 4.90 Å². The Morgan fingerprint density at radius 2 is 2.16 bits per heavy atom. The molecular formula is C23H25FN6O2. The van der Waals surface area contributed by atoms with E-state index in [-0.39, 0.29) is 11.9 Å². The Morgan fingerprint density at radius 3 is 2.97 bits per heavy atom. The molecule has 0 spiro atoms. The highest BCUT2D eigenvalue weighted by atomic mass is 19.1. The lowest BCUT2D eigenvalue weighted by Crippen LogP contribution is -2.38. The average molecular weight is 436 g/mol. The summed E-state index contributed by atoms with van der Waals surface area (Å²) >= 11 is 0. The fraction of sp³-hybridized carbons (Fsp3) is 0.391. The van der Waals surface area contributed by atoms with Crippen molar-refractivity contribution in [3.05, 3.63) is 59.9 Å². The molecule has 5 rings (SSSR count). The largest absolute Gasteiger partial charge is 0.369 e. The van der Waals surface area contributed by atoms with Crippen LogP contribution >= 0.6 is 0 Å². The number of nitrogens with zero attached hydrogens (tertiary/aromatic N) is 6.